The maximum Gasteiger partial charge on any atom is 0.325 e. The van der Waals surface area contributed by atoms with E-state index in [0.29, 0.717) is 27.0 Å². The minimum absolute atomic E-state index is 0.0110. The van der Waals surface area contributed by atoms with Crippen molar-refractivity contribution < 1.29 is 24.0 Å². The minimum Gasteiger partial charge on any atom is -0.488 e. The summed E-state index contributed by atoms with van der Waals surface area (Å²) in [7, 11) is 1.28. The third kappa shape index (κ3) is 6.32. The fourth-order valence-electron chi connectivity index (χ4n) is 3.94. The molecule has 39 heavy (non-hydrogen) atoms. The van der Waals surface area contributed by atoms with E-state index in [9.17, 15) is 19.7 Å². The monoisotopic (exact) mass is 609 g/mol. The van der Waals surface area contributed by atoms with Gasteiger partial charge in [0.15, 0.2) is 5.11 Å². The number of hydrogen-bond acceptors (Lipinski definition) is 7. The lowest BCUT2D eigenvalue weighted by molar-refractivity contribution is -0.384. The second kappa shape index (κ2) is 12.2. The van der Waals surface area contributed by atoms with Crippen LogP contribution in [0.2, 0.25) is 0 Å². The summed E-state index contributed by atoms with van der Waals surface area (Å²) >= 11 is 9.10. The predicted molar refractivity (Wildman–Crippen MR) is 154 cm³/mol. The highest BCUT2D eigenvalue weighted by Gasteiger charge is 2.40. The molecule has 1 saturated heterocycles. The first-order chi connectivity index (χ1) is 18.7. The highest BCUT2D eigenvalue weighted by molar-refractivity contribution is 9.10. The highest BCUT2D eigenvalue weighted by atomic mass is 79.9. The zero-order valence-electron chi connectivity index (χ0n) is 21.1. The molecule has 0 unspecified atom stereocenters. The van der Waals surface area contributed by atoms with Crippen LogP contribution >= 0.6 is 28.1 Å². The standard InChI is InChI=1S/C28H24BrN3O6S/c1-3-18-7-10-21(11-8-18)31-27(34)24(30(28(31)39)16-26(33)37-2)15-19-9-12-25(23(29)14-19)38-17-20-5-4-6-22(13-20)32(35)36/h4-15H,3,16-17H2,1-2H3/b24-15-. The number of non-ortho nitro benzene ring substituents is 1. The minimum atomic E-state index is -0.537. The zero-order chi connectivity index (χ0) is 28.1. The van der Waals surface area contributed by atoms with Gasteiger partial charge in [-0.05, 0) is 81.6 Å². The Kier molecular flexibility index (Phi) is 8.72. The van der Waals surface area contributed by atoms with Gasteiger partial charge in [-0.25, -0.2) is 0 Å². The van der Waals surface area contributed by atoms with E-state index in [0.717, 1.165) is 12.0 Å². The Balaban J connectivity index is 1.59. The summed E-state index contributed by atoms with van der Waals surface area (Å²) in [6.07, 6.45) is 2.51. The van der Waals surface area contributed by atoms with Crippen molar-refractivity contribution in [3.63, 3.8) is 0 Å². The lowest BCUT2D eigenvalue weighted by atomic mass is 10.1. The van der Waals surface area contributed by atoms with Crippen LogP contribution in [0.3, 0.4) is 0 Å². The number of aryl methyl sites for hydroxylation is 1. The van der Waals surface area contributed by atoms with Crippen LogP contribution in [-0.2, 0) is 27.4 Å². The number of halogens is 1. The molecule has 0 spiro atoms. The molecular formula is C28H24BrN3O6S. The summed E-state index contributed by atoms with van der Waals surface area (Å²) < 4.78 is 11.3. The quantitative estimate of drug-likeness (QED) is 0.101. The van der Waals surface area contributed by atoms with Crippen molar-refractivity contribution in [2.24, 2.45) is 0 Å². The van der Waals surface area contributed by atoms with Gasteiger partial charge in [-0.2, -0.15) is 0 Å². The third-order valence-corrected chi connectivity index (χ3v) is 7.05. The largest absolute Gasteiger partial charge is 0.488 e. The van der Waals surface area contributed by atoms with Crippen molar-refractivity contribution in [1.82, 2.24) is 4.90 Å². The van der Waals surface area contributed by atoms with Crippen molar-refractivity contribution in [3.05, 3.63) is 104 Å². The van der Waals surface area contributed by atoms with Gasteiger partial charge in [-0.1, -0.05) is 37.3 Å². The van der Waals surface area contributed by atoms with Crippen molar-refractivity contribution in [2.45, 2.75) is 20.0 Å². The molecule has 0 saturated carbocycles. The number of hydrogen-bond donors (Lipinski definition) is 0. The van der Waals surface area contributed by atoms with Gasteiger partial charge in [0.25, 0.3) is 11.6 Å². The summed E-state index contributed by atoms with van der Waals surface area (Å²) in [5.41, 5.74) is 3.25. The van der Waals surface area contributed by atoms with E-state index in [1.807, 2.05) is 31.2 Å². The molecule has 4 rings (SSSR count). The Labute approximate surface area is 238 Å². The Bertz CT molecular complexity index is 1470. The predicted octanol–water partition coefficient (Wildman–Crippen LogP) is 5.65. The molecular weight excluding hydrogens is 586 g/mol. The number of carbonyl (C=O) groups is 2. The Morgan fingerprint density at radius 2 is 1.85 bits per heavy atom. The lowest BCUT2D eigenvalue weighted by Crippen LogP contribution is -2.35. The normalized spacial score (nSPS) is 14.2. The number of rotatable bonds is 9. The Hall–Kier alpha value is -4.09. The topological polar surface area (TPSA) is 102 Å². The van der Waals surface area contributed by atoms with E-state index < -0.39 is 10.9 Å². The van der Waals surface area contributed by atoms with Gasteiger partial charge in [0, 0.05) is 12.1 Å². The fraction of sp³-hybridized carbons (Fsp3) is 0.179. The molecule has 1 aliphatic heterocycles. The Morgan fingerprint density at radius 3 is 2.49 bits per heavy atom. The molecule has 1 amide bonds. The molecule has 1 aliphatic rings. The maximum atomic E-state index is 13.5. The number of nitro groups is 1. The van der Waals surface area contributed by atoms with Gasteiger partial charge in [-0.3, -0.25) is 24.6 Å². The van der Waals surface area contributed by atoms with Crippen LogP contribution in [0.5, 0.6) is 5.75 Å². The molecule has 0 N–H and O–H groups in total. The molecule has 3 aromatic carbocycles. The van der Waals surface area contributed by atoms with E-state index in [4.69, 9.17) is 21.7 Å². The van der Waals surface area contributed by atoms with Crippen molar-refractivity contribution in [3.8, 4) is 5.75 Å². The van der Waals surface area contributed by atoms with Crippen LogP contribution in [-0.4, -0.2) is 40.5 Å². The van der Waals surface area contributed by atoms with E-state index in [2.05, 4.69) is 15.9 Å². The number of carbonyl (C=O) groups excluding carboxylic acids is 2. The number of amides is 1. The first-order valence-electron chi connectivity index (χ1n) is 11.9. The average Bonchev–Trinajstić information content (AvgIpc) is 3.16. The lowest BCUT2D eigenvalue weighted by Gasteiger charge is -2.19. The summed E-state index contributed by atoms with van der Waals surface area (Å²) in [6.45, 7) is 1.95. The summed E-state index contributed by atoms with van der Waals surface area (Å²) in [5, 5.41) is 11.2. The molecule has 0 aliphatic carbocycles. The number of ether oxygens (including phenoxy) is 2. The second-order valence-electron chi connectivity index (χ2n) is 8.54. The van der Waals surface area contributed by atoms with Crippen LogP contribution in [0.1, 0.15) is 23.6 Å². The molecule has 9 nitrogen and oxygen atoms in total. The Morgan fingerprint density at radius 1 is 1.10 bits per heavy atom. The molecule has 1 fully saturated rings. The van der Waals surface area contributed by atoms with E-state index >= 15 is 0 Å². The van der Waals surface area contributed by atoms with Crippen LogP contribution < -0.4 is 9.64 Å². The smallest absolute Gasteiger partial charge is 0.325 e. The first kappa shape index (κ1) is 27.9. The van der Waals surface area contributed by atoms with Crippen molar-refractivity contribution in [2.75, 3.05) is 18.6 Å². The van der Waals surface area contributed by atoms with Crippen LogP contribution in [0.15, 0.2) is 76.9 Å². The average molecular weight is 610 g/mol. The SMILES string of the molecule is CCc1ccc(N2C(=O)/C(=C/c3ccc(OCc4cccc([N+](=O)[O-])c4)c(Br)c3)N(CC(=O)OC)C2=S)cc1. The summed E-state index contributed by atoms with van der Waals surface area (Å²) in [6, 6.07) is 19.0. The number of benzene rings is 3. The van der Waals surface area contributed by atoms with Gasteiger partial charge in [0.05, 0.1) is 22.2 Å². The maximum absolute atomic E-state index is 13.5. The van der Waals surface area contributed by atoms with Gasteiger partial charge in [0.2, 0.25) is 0 Å². The van der Waals surface area contributed by atoms with Crippen LogP contribution in [0, 0.1) is 10.1 Å². The van der Waals surface area contributed by atoms with E-state index in [1.165, 1.54) is 29.0 Å². The molecule has 0 radical (unpaired) electrons. The molecule has 0 aromatic heterocycles. The number of methoxy groups -OCH3 is 1. The fourth-order valence-corrected chi connectivity index (χ4v) is 4.80. The van der Waals surface area contributed by atoms with E-state index in [1.54, 1.807) is 36.4 Å². The number of thiocarbonyl (C=S) groups is 1. The molecule has 3 aromatic rings. The number of nitro benzene ring substituents is 1. The third-order valence-electron chi connectivity index (χ3n) is 6.03. The van der Waals surface area contributed by atoms with Crippen molar-refractivity contribution >= 4 is 62.6 Å². The molecule has 200 valence electrons. The first-order valence-corrected chi connectivity index (χ1v) is 13.1. The zero-order valence-corrected chi connectivity index (χ0v) is 23.5. The van der Waals surface area contributed by atoms with E-state index in [-0.39, 0.29) is 35.6 Å². The molecule has 0 atom stereocenters. The van der Waals surface area contributed by atoms with Gasteiger partial charge >= 0.3 is 5.97 Å². The number of anilines is 1. The molecule has 0 bridgehead atoms. The second-order valence-corrected chi connectivity index (χ2v) is 9.76. The van der Waals surface area contributed by atoms with Crippen molar-refractivity contribution in [1.29, 1.82) is 0 Å². The molecule has 11 heteroatoms. The van der Waals surface area contributed by atoms with Gasteiger partial charge in [-0.15, -0.1) is 0 Å². The van der Waals surface area contributed by atoms with Crippen LogP contribution in [0.4, 0.5) is 11.4 Å². The van der Waals surface area contributed by atoms with Gasteiger partial charge in [0.1, 0.15) is 24.6 Å². The van der Waals surface area contributed by atoms with Gasteiger partial charge < -0.3 is 14.4 Å². The number of esters is 1. The summed E-state index contributed by atoms with van der Waals surface area (Å²) in [5.74, 6) is -0.387. The highest BCUT2D eigenvalue weighted by Crippen LogP contribution is 2.32. The van der Waals surface area contributed by atoms with Crippen LogP contribution in [0.25, 0.3) is 6.08 Å². The number of nitrogens with zero attached hydrogens (tertiary/aromatic N) is 3. The summed E-state index contributed by atoms with van der Waals surface area (Å²) in [4.78, 5) is 39.1. The molecule has 1 heterocycles.